The van der Waals surface area contributed by atoms with Gasteiger partial charge in [0, 0.05) is 24.2 Å². The topological polar surface area (TPSA) is 74.8 Å². The summed E-state index contributed by atoms with van der Waals surface area (Å²) in [6, 6.07) is 2.04. The molecule has 116 valence electrons. The number of hydrogen-bond donors (Lipinski definition) is 2. The largest absolute Gasteiger partial charge is 0.417 e. The second-order valence-corrected chi connectivity index (χ2v) is 4.47. The van der Waals surface area contributed by atoms with Crippen LogP contribution in [0.3, 0.4) is 0 Å². The molecule has 0 atom stereocenters. The van der Waals surface area contributed by atoms with Crippen LogP contribution >= 0.6 is 0 Å². The fourth-order valence-corrected chi connectivity index (χ4v) is 1.86. The van der Waals surface area contributed by atoms with E-state index in [0.717, 1.165) is 0 Å². The van der Waals surface area contributed by atoms with E-state index in [0.29, 0.717) is 24.2 Å². The van der Waals surface area contributed by atoms with E-state index in [4.69, 9.17) is 0 Å². The average molecular weight is 311 g/mol. The Morgan fingerprint density at radius 3 is 2.77 bits per heavy atom. The first-order valence-electron chi connectivity index (χ1n) is 6.37. The Hall–Kier alpha value is -2.64. The summed E-state index contributed by atoms with van der Waals surface area (Å²) in [7, 11) is 0. The first-order valence-corrected chi connectivity index (χ1v) is 6.37. The first kappa shape index (κ1) is 15.7. The highest BCUT2D eigenvalue weighted by Crippen LogP contribution is 2.29. The summed E-state index contributed by atoms with van der Waals surface area (Å²) in [6.45, 7) is 1.81. The van der Waals surface area contributed by atoms with Gasteiger partial charge in [0.2, 0.25) is 0 Å². The molecule has 22 heavy (non-hydrogen) atoms. The maximum atomic E-state index is 12.6. The molecule has 0 aliphatic rings. The monoisotopic (exact) mass is 311 g/mol. The number of anilines is 1. The minimum Gasteiger partial charge on any atom is -0.327 e. The summed E-state index contributed by atoms with van der Waals surface area (Å²) in [5.74, 6) is -0.663. The predicted octanol–water partition coefficient (Wildman–Crippen LogP) is 2.60. The van der Waals surface area contributed by atoms with Gasteiger partial charge in [0.25, 0.3) is 11.5 Å². The fourth-order valence-electron chi connectivity index (χ4n) is 1.86. The molecule has 0 unspecified atom stereocenters. The van der Waals surface area contributed by atoms with Crippen LogP contribution in [0.15, 0.2) is 35.5 Å². The summed E-state index contributed by atoms with van der Waals surface area (Å²) >= 11 is 0. The van der Waals surface area contributed by atoms with Crippen molar-refractivity contribution < 1.29 is 18.0 Å². The lowest BCUT2D eigenvalue weighted by Gasteiger charge is -2.10. The molecule has 2 rings (SSSR count). The lowest BCUT2D eigenvalue weighted by molar-refractivity contribution is -0.137. The van der Waals surface area contributed by atoms with Crippen LogP contribution < -0.4 is 10.9 Å². The number of aromatic amines is 1. The van der Waals surface area contributed by atoms with Crippen LogP contribution in [0.1, 0.15) is 28.4 Å². The lowest BCUT2D eigenvalue weighted by atomic mass is 10.1. The van der Waals surface area contributed by atoms with Crippen LogP contribution in [-0.4, -0.2) is 15.9 Å². The third-order valence-electron chi connectivity index (χ3n) is 3.01. The van der Waals surface area contributed by atoms with Crippen LogP contribution in [0, 0.1) is 0 Å². The number of alkyl halides is 3. The Kier molecular flexibility index (Phi) is 4.30. The van der Waals surface area contributed by atoms with Gasteiger partial charge in [0.1, 0.15) is 5.69 Å². The molecule has 0 fully saturated rings. The Morgan fingerprint density at radius 1 is 1.41 bits per heavy atom. The van der Waals surface area contributed by atoms with Gasteiger partial charge in [-0.25, -0.2) is 0 Å². The van der Waals surface area contributed by atoms with E-state index in [9.17, 15) is 22.8 Å². The van der Waals surface area contributed by atoms with Crippen LogP contribution in [0.4, 0.5) is 18.9 Å². The van der Waals surface area contributed by atoms with Gasteiger partial charge in [0.05, 0.1) is 5.56 Å². The number of rotatable bonds is 3. The van der Waals surface area contributed by atoms with Crippen molar-refractivity contribution in [3.05, 3.63) is 57.8 Å². The highest BCUT2D eigenvalue weighted by molar-refractivity contribution is 6.05. The normalized spacial score (nSPS) is 11.3. The maximum Gasteiger partial charge on any atom is 0.417 e. The molecular weight excluding hydrogens is 299 g/mol. The van der Waals surface area contributed by atoms with Crippen molar-refractivity contribution in [3.8, 4) is 0 Å². The van der Waals surface area contributed by atoms with Crippen molar-refractivity contribution >= 4 is 11.6 Å². The van der Waals surface area contributed by atoms with Crippen molar-refractivity contribution in [2.45, 2.75) is 19.5 Å². The summed E-state index contributed by atoms with van der Waals surface area (Å²) in [5.41, 5.74) is -1.43. The number of nitrogens with zero attached hydrogens (tertiary/aromatic N) is 1. The number of aromatic nitrogens is 2. The third kappa shape index (κ3) is 3.33. The highest BCUT2D eigenvalue weighted by atomic mass is 19.4. The number of carbonyl (C=O) groups is 1. The second kappa shape index (κ2) is 6.00. The quantitative estimate of drug-likeness (QED) is 0.915. The second-order valence-electron chi connectivity index (χ2n) is 4.47. The van der Waals surface area contributed by atoms with Crippen LogP contribution in [-0.2, 0) is 12.6 Å². The number of hydrogen-bond acceptors (Lipinski definition) is 3. The SMILES string of the molecule is CCc1cnccc1C(=O)Nc1cc(C(F)(F)F)c[nH]c1=O. The molecule has 2 N–H and O–H groups in total. The van der Waals surface area contributed by atoms with E-state index in [1.54, 1.807) is 0 Å². The maximum absolute atomic E-state index is 12.6. The van der Waals surface area contributed by atoms with Crippen molar-refractivity contribution in [1.29, 1.82) is 0 Å². The smallest absolute Gasteiger partial charge is 0.327 e. The summed E-state index contributed by atoms with van der Waals surface area (Å²) in [4.78, 5) is 29.5. The van der Waals surface area contributed by atoms with Gasteiger partial charge in [-0.1, -0.05) is 6.92 Å². The first-order chi connectivity index (χ1) is 10.3. The molecule has 2 aromatic heterocycles. The molecule has 0 bridgehead atoms. The van der Waals surface area contributed by atoms with Gasteiger partial charge in [-0.05, 0) is 24.1 Å². The van der Waals surface area contributed by atoms with Crippen molar-refractivity contribution in [2.75, 3.05) is 5.32 Å². The van der Waals surface area contributed by atoms with E-state index in [1.165, 1.54) is 18.5 Å². The van der Waals surface area contributed by atoms with E-state index in [1.807, 2.05) is 11.9 Å². The van der Waals surface area contributed by atoms with E-state index >= 15 is 0 Å². The van der Waals surface area contributed by atoms with E-state index in [-0.39, 0.29) is 5.56 Å². The number of carbonyl (C=O) groups excluding carboxylic acids is 1. The highest BCUT2D eigenvalue weighted by Gasteiger charge is 2.31. The molecule has 0 aliphatic carbocycles. The Morgan fingerprint density at radius 2 is 2.14 bits per heavy atom. The molecule has 5 nitrogen and oxygen atoms in total. The minimum atomic E-state index is -4.62. The number of halogens is 3. The number of H-pyrrole nitrogens is 1. The van der Waals surface area contributed by atoms with Gasteiger partial charge in [-0.2, -0.15) is 13.2 Å². The van der Waals surface area contributed by atoms with Crippen LogP contribution in [0.2, 0.25) is 0 Å². The van der Waals surface area contributed by atoms with Gasteiger partial charge in [-0.3, -0.25) is 14.6 Å². The molecule has 0 saturated heterocycles. The number of amides is 1. The lowest BCUT2D eigenvalue weighted by Crippen LogP contribution is -2.22. The zero-order valence-electron chi connectivity index (χ0n) is 11.5. The molecule has 0 aliphatic heterocycles. The molecule has 0 radical (unpaired) electrons. The third-order valence-corrected chi connectivity index (χ3v) is 3.01. The van der Waals surface area contributed by atoms with Crippen molar-refractivity contribution in [2.24, 2.45) is 0 Å². The minimum absolute atomic E-state index is 0.259. The van der Waals surface area contributed by atoms with Gasteiger partial charge < -0.3 is 10.3 Å². The van der Waals surface area contributed by atoms with E-state index < -0.39 is 28.9 Å². The zero-order valence-corrected chi connectivity index (χ0v) is 11.5. The Bertz CT molecular complexity index is 753. The Balaban J connectivity index is 2.34. The van der Waals surface area contributed by atoms with Gasteiger partial charge in [-0.15, -0.1) is 0 Å². The fraction of sp³-hybridized carbons (Fsp3) is 0.214. The van der Waals surface area contributed by atoms with Crippen molar-refractivity contribution in [1.82, 2.24) is 9.97 Å². The Labute approximate surface area is 123 Å². The predicted molar refractivity (Wildman–Crippen MR) is 73.6 cm³/mol. The molecule has 0 aromatic carbocycles. The van der Waals surface area contributed by atoms with Gasteiger partial charge >= 0.3 is 6.18 Å². The standard InChI is InChI=1S/C14H12F3N3O2/c1-2-8-6-18-4-3-10(8)12(21)20-11-5-9(14(15,16)17)7-19-13(11)22/h3-7H,2H2,1H3,(H,19,22)(H,20,21). The summed E-state index contributed by atoms with van der Waals surface area (Å²) < 4.78 is 37.9. The summed E-state index contributed by atoms with van der Waals surface area (Å²) in [5, 5.41) is 2.20. The molecular formula is C14H12F3N3O2. The zero-order chi connectivity index (χ0) is 16.3. The molecule has 1 amide bonds. The number of aryl methyl sites for hydroxylation is 1. The van der Waals surface area contributed by atoms with Gasteiger partial charge in [0.15, 0.2) is 0 Å². The van der Waals surface area contributed by atoms with Crippen LogP contribution in [0.25, 0.3) is 0 Å². The number of nitrogens with one attached hydrogen (secondary N) is 2. The molecule has 0 spiro atoms. The molecule has 8 heteroatoms. The molecule has 2 heterocycles. The van der Waals surface area contributed by atoms with Crippen LogP contribution in [0.5, 0.6) is 0 Å². The number of pyridine rings is 2. The molecule has 0 saturated carbocycles. The van der Waals surface area contributed by atoms with Crippen molar-refractivity contribution in [3.63, 3.8) is 0 Å². The summed E-state index contributed by atoms with van der Waals surface area (Å²) in [6.07, 6.45) is -0.651. The molecule has 2 aromatic rings. The van der Waals surface area contributed by atoms with E-state index in [2.05, 4.69) is 10.3 Å². The average Bonchev–Trinajstić information content (AvgIpc) is 2.48.